The van der Waals surface area contributed by atoms with Crippen molar-refractivity contribution in [3.8, 4) is 11.9 Å². The van der Waals surface area contributed by atoms with Crippen LogP contribution in [0, 0.1) is 23.1 Å². The Morgan fingerprint density at radius 3 is 2.11 bits per heavy atom. The highest BCUT2D eigenvalue weighted by atomic mass is 19.1. The molecule has 5 heteroatoms. The van der Waals surface area contributed by atoms with Crippen molar-refractivity contribution in [2.45, 2.75) is 139 Å². The number of ether oxygens (including phenoxy) is 2. The molecule has 0 spiro atoms. The minimum atomic E-state index is -0.431. The molecule has 1 aliphatic heterocycles. The van der Waals surface area contributed by atoms with Gasteiger partial charge in [0.05, 0.1) is 17.7 Å². The maximum absolute atomic E-state index is 13.9. The van der Waals surface area contributed by atoms with Crippen molar-refractivity contribution in [1.82, 2.24) is 4.98 Å². The molecular formula is C41H63FN2O2. The minimum absolute atomic E-state index is 0.0974. The van der Waals surface area contributed by atoms with Gasteiger partial charge in [0.1, 0.15) is 12.4 Å². The van der Waals surface area contributed by atoms with Crippen LogP contribution in [0.25, 0.3) is 0 Å². The molecule has 1 fully saturated rings. The lowest BCUT2D eigenvalue weighted by atomic mass is 9.94. The first-order valence-corrected chi connectivity index (χ1v) is 17.2. The third-order valence-electron chi connectivity index (χ3n) is 7.62. The summed E-state index contributed by atoms with van der Waals surface area (Å²) in [5, 5.41) is 8.77. The summed E-state index contributed by atoms with van der Waals surface area (Å²) in [6.45, 7) is 27.6. The Labute approximate surface area is 281 Å². The van der Waals surface area contributed by atoms with Gasteiger partial charge in [0.15, 0.2) is 0 Å². The second-order valence-electron chi connectivity index (χ2n) is 12.6. The highest BCUT2D eigenvalue weighted by molar-refractivity contribution is 5.33. The number of hydrogen-bond donors (Lipinski definition) is 0. The van der Waals surface area contributed by atoms with Crippen molar-refractivity contribution in [3.05, 3.63) is 95.0 Å². The van der Waals surface area contributed by atoms with E-state index in [0.29, 0.717) is 29.0 Å². The van der Waals surface area contributed by atoms with Crippen molar-refractivity contribution in [2.75, 3.05) is 6.61 Å². The fraction of sp³-hybridized carbons (Fsp3) is 0.561. The van der Waals surface area contributed by atoms with Crippen LogP contribution < -0.4 is 4.74 Å². The molecule has 0 bridgehead atoms. The lowest BCUT2D eigenvalue weighted by molar-refractivity contribution is -0.0553. The van der Waals surface area contributed by atoms with E-state index in [2.05, 4.69) is 72.7 Å². The van der Waals surface area contributed by atoms with Gasteiger partial charge in [-0.2, -0.15) is 5.26 Å². The first kappa shape index (κ1) is 42.8. The van der Waals surface area contributed by atoms with E-state index in [4.69, 9.17) is 14.7 Å². The van der Waals surface area contributed by atoms with Crippen molar-refractivity contribution in [3.63, 3.8) is 0 Å². The van der Waals surface area contributed by atoms with Crippen LogP contribution in [0.3, 0.4) is 0 Å². The van der Waals surface area contributed by atoms with Gasteiger partial charge in [0.25, 0.3) is 0 Å². The molecule has 0 radical (unpaired) electrons. The van der Waals surface area contributed by atoms with Crippen LogP contribution >= 0.6 is 0 Å². The van der Waals surface area contributed by atoms with Crippen molar-refractivity contribution in [1.29, 1.82) is 5.26 Å². The van der Waals surface area contributed by atoms with Gasteiger partial charge in [-0.05, 0) is 83.9 Å². The number of rotatable bonds is 14. The topological polar surface area (TPSA) is 55.1 Å². The van der Waals surface area contributed by atoms with Gasteiger partial charge in [0.2, 0.25) is 5.88 Å². The van der Waals surface area contributed by atoms with E-state index in [0.717, 1.165) is 55.0 Å². The molecule has 0 amide bonds. The zero-order chi connectivity index (χ0) is 34.9. The van der Waals surface area contributed by atoms with Gasteiger partial charge in [-0.15, -0.1) is 0 Å². The number of allylic oxidation sites excluding steroid dienone is 4. The van der Waals surface area contributed by atoms with Gasteiger partial charge in [-0.3, -0.25) is 0 Å². The monoisotopic (exact) mass is 634 g/mol. The normalized spacial score (nSPS) is 13.5. The molecule has 0 saturated carbocycles. The van der Waals surface area contributed by atoms with Crippen molar-refractivity contribution >= 4 is 0 Å². The Balaban J connectivity index is 0.000000745. The van der Waals surface area contributed by atoms with Gasteiger partial charge in [-0.25, -0.2) is 9.37 Å². The number of nitrogens with zero attached hydrogens (tertiary/aromatic N) is 2. The molecule has 0 aliphatic carbocycles. The summed E-state index contributed by atoms with van der Waals surface area (Å²) in [6, 6.07) is 12.1. The van der Waals surface area contributed by atoms with E-state index in [1.165, 1.54) is 43.7 Å². The predicted octanol–water partition coefficient (Wildman–Crippen LogP) is 12.5. The quantitative estimate of drug-likeness (QED) is 0.153. The Kier molecular flexibility index (Phi) is 24.1. The summed E-state index contributed by atoms with van der Waals surface area (Å²) in [5.74, 6) is 1.33. The van der Waals surface area contributed by atoms with Gasteiger partial charge in [-0.1, -0.05) is 108 Å². The SMILES string of the molecule is C/C=C(\C)CC(C)C.C=C(C)C(=C)C.CCCC(CCC)c1cccc(OCc2ccc(C#N)cc2F)n1.CCCCC1CCO1. The highest BCUT2D eigenvalue weighted by Crippen LogP contribution is 2.26. The van der Waals surface area contributed by atoms with Crippen LogP contribution in [-0.2, 0) is 11.3 Å². The average Bonchev–Trinajstić information content (AvgIpc) is 3.00. The highest BCUT2D eigenvalue weighted by Gasteiger charge is 2.16. The minimum Gasteiger partial charge on any atom is -0.473 e. The fourth-order valence-corrected chi connectivity index (χ4v) is 4.47. The Hall–Kier alpha value is -3.23. The van der Waals surface area contributed by atoms with Crippen LogP contribution in [0.2, 0.25) is 0 Å². The largest absolute Gasteiger partial charge is 0.473 e. The predicted molar refractivity (Wildman–Crippen MR) is 195 cm³/mol. The van der Waals surface area contributed by atoms with Crippen LogP contribution in [0.5, 0.6) is 5.88 Å². The van der Waals surface area contributed by atoms with E-state index in [9.17, 15) is 4.39 Å². The van der Waals surface area contributed by atoms with Crippen LogP contribution in [0.4, 0.5) is 4.39 Å². The number of unbranched alkanes of at least 4 members (excludes halogenated alkanes) is 1. The number of benzene rings is 1. The summed E-state index contributed by atoms with van der Waals surface area (Å²) in [5.41, 5.74) is 5.39. The molecule has 46 heavy (non-hydrogen) atoms. The standard InChI is InChI=1S/C20H23FN2O.C8H16.C7H14O.C6H10/c1-3-6-16(7-4-2)19-8-5-9-20(23-19)24-14-17-11-10-15(13-22)12-18(17)21;1-5-8(4)6-7(2)3;1-2-3-4-7-5-6-8-7;1-5(2)6(3)4/h5,8-12,16H,3-4,6-7,14H2,1-2H3;5,7H,6H2,1-4H3;7H,2-6H2,1H3;1,3H2,2,4H3/b;8-5+;;. The molecule has 2 heterocycles. The van der Waals surface area contributed by atoms with Gasteiger partial charge >= 0.3 is 0 Å². The summed E-state index contributed by atoms with van der Waals surface area (Å²) in [4.78, 5) is 4.59. The van der Waals surface area contributed by atoms with E-state index >= 15 is 0 Å². The molecule has 3 rings (SSSR count). The van der Waals surface area contributed by atoms with E-state index in [1.54, 1.807) is 18.2 Å². The molecule has 1 unspecified atom stereocenters. The number of halogens is 1. The maximum atomic E-state index is 13.9. The Morgan fingerprint density at radius 1 is 1.07 bits per heavy atom. The molecule has 1 aromatic carbocycles. The van der Waals surface area contributed by atoms with Crippen molar-refractivity contribution < 1.29 is 13.9 Å². The Morgan fingerprint density at radius 2 is 1.70 bits per heavy atom. The lowest BCUT2D eigenvalue weighted by Gasteiger charge is -2.25. The molecule has 2 aromatic rings. The zero-order valence-electron chi connectivity index (χ0n) is 30.6. The lowest BCUT2D eigenvalue weighted by Crippen LogP contribution is -2.26. The van der Waals surface area contributed by atoms with E-state index < -0.39 is 5.82 Å². The molecular weight excluding hydrogens is 571 g/mol. The summed E-state index contributed by atoms with van der Waals surface area (Å²) < 4.78 is 24.8. The molecule has 0 N–H and O–H groups in total. The van der Waals surface area contributed by atoms with Gasteiger partial charge < -0.3 is 9.47 Å². The number of hydrogen-bond acceptors (Lipinski definition) is 4. The second-order valence-corrected chi connectivity index (χ2v) is 12.6. The average molecular weight is 635 g/mol. The third-order valence-corrected chi connectivity index (χ3v) is 7.62. The Bertz CT molecular complexity index is 1190. The molecule has 1 atom stereocenters. The van der Waals surface area contributed by atoms with Crippen LogP contribution in [-0.4, -0.2) is 17.7 Å². The van der Waals surface area contributed by atoms with Crippen molar-refractivity contribution in [2.24, 2.45) is 5.92 Å². The summed E-state index contributed by atoms with van der Waals surface area (Å²) >= 11 is 0. The van der Waals surface area contributed by atoms with Gasteiger partial charge in [0, 0.05) is 29.8 Å². The van der Waals surface area contributed by atoms with E-state index in [-0.39, 0.29) is 6.61 Å². The third kappa shape index (κ3) is 20.0. The second kappa shape index (κ2) is 25.9. The molecule has 1 aliphatic rings. The molecule has 1 aromatic heterocycles. The molecule has 1 saturated heterocycles. The van der Waals surface area contributed by atoms with Crippen LogP contribution in [0.15, 0.2) is 72.4 Å². The summed E-state index contributed by atoms with van der Waals surface area (Å²) in [7, 11) is 0. The van der Waals surface area contributed by atoms with Crippen LogP contribution in [0.1, 0.15) is 143 Å². The maximum Gasteiger partial charge on any atom is 0.213 e. The molecule has 256 valence electrons. The van der Waals surface area contributed by atoms with E-state index in [1.807, 2.05) is 32.0 Å². The first-order chi connectivity index (χ1) is 21.9. The number of aromatic nitrogens is 1. The number of pyridine rings is 1. The summed E-state index contributed by atoms with van der Waals surface area (Å²) in [6.07, 6.45) is 13.7. The zero-order valence-corrected chi connectivity index (χ0v) is 30.6. The number of nitriles is 1. The first-order valence-electron chi connectivity index (χ1n) is 17.2. The smallest absolute Gasteiger partial charge is 0.213 e. The molecule has 4 nitrogen and oxygen atoms in total. The fourth-order valence-electron chi connectivity index (χ4n) is 4.47.